The Morgan fingerprint density at radius 1 is 1.06 bits per heavy atom. The molecule has 0 aromatic carbocycles. The molecule has 0 amide bonds. The largest absolute Gasteiger partial charge is 0.487 e. The SMILES string of the molecule is CC1(C)OB(/C=C/c2cncnc2)OC1(C)C. The van der Waals surface area contributed by atoms with E-state index in [4.69, 9.17) is 9.31 Å². The van der Waals surface area contributed by atoms with Gasteiger partial charge < -0.3 is 9.31 Å². The molecule has 2 heterocycles. The number of nitrogens with zero attached hydrogens (tertiary/aromatic N) is 2. The molecular weight excluding hydrogens is 215 g/mol. The molecule has 0 aliphatic carbocycles. The van der Waals surface area contributed by atoms with E-state index in [-0.39, 0.29) is 18.3 Å². The van der Waals surface area contributed by atoms with Crippen LogP contribution in [-0.4, -0.2) is 28.3 Å². The summed E-state index contributed by atoms with van der Waals surface area (Å²) in [5.41, 5.74) is 0.340. The van der Waals surface area contributed by atoms with Crippen molar-refractivity contribution in [1.82, 2.24) is 9.97 Å². The van der Waals surface area contributed by atoms with E-state index in [2.05, 4.69) is 9.97 Å². The van der Waals surface area contributed by atoms with Crippen LogP contribution in [0.5, 0.6) is 0 Å². The van der Waals surface area contributed by atoms with Gasteiger partial charge in [-0.25, -0.2) is 9.97 Å². The Kier molecular flexibility index (Phi) is 3.06. The molecule has 0 bridgehead atoms. The molecule has 90 valence electrons. The van der Waals surface area contributed by atoms with Crippen molar-refractivity contribution in [2.45, 2.75) is 38.9 Å². The lowest BCUT2D eigenvalue weighted by molar-refractivity contribution is 0.00578. The predicted octanol–water partition coefficient (Wildman–Crippen LogP) is 2.12. The second-order valence-electron chi connectivity index (χ2n) is 5.16. The lowest BCUT2D eigenvalue weighted by Crippen LogP contribution is -2.41. The van der Waals surface area contributed by atoms with Crippen molar-refractivity contribution < 1.29 is 9.31 Å². The van der Waals surface area contributed by atoms with Gasteiger partial charge in [-0.15, -0.1) is 0 Å². The Morgan fingerprint density at radius 2 is 1.59 bits per heavy atom. The van der Waals surface area contributed by atoms with Crippen molar-refractivity contribution in [1.29, 1.82) is 0 Å². The molecule has 0 spiro atoms. The number of rotatable bonds is 2. The lowest BCUT2D eigenvalue weighted by Gasteiger charge is -2.32. The first-order valence-electron chi connectivity index (χ1n) is 5.70. The van der Waals surface area contributed by atoms with Crippen molar-refractivity contribution in [2.24, 2.45) is 0 Å². The molecule has 1 aliphatic rings. The van der Waals surface area contributed by atoms with Crippen LogP contribution in [0.3, 0.4) is 0 Å². The summed E-state index contributed by atoms with van der Waals surface area (Å²) in [4.78, 5) is 7.89. The van der Waals surface area contributed by atoms with Gasteiger partial charge in [-0.3, -0.25) is 0 Å². The van der Waals surface area contributed by atoms with E-state index in [1.54, 1.807) is 12.4 Å². The first-order chi connectivity index (χ1) is 7.91. The first-order valence-corrected chi connectivity index (χ1v) is 5.70. The molecular formula is C12H17BN2O2. The zero-order valence-corrected chi connectivity index (χ0v) is 10.7. The molecule has 0 unspecified atom stereocenters. The van der Waals surface area contributed by atoms with E-state index in [0.29, 0.717) is 0 Å². The summed E-state index contributed by atoms with van der Waals surface area (Å²) in [5.74, 6) is 1.88. The predicted molar refractivity (Wildman–Crippen MR) is 67.1 cm³/mol. The zero-order chi connectivity index (χ0) is 12.5. The van der Waals surface area contributed by atoms with Crippen molar-refractivity contribution in [3.05, 3.63) is 30.3 Å². The van der Waals surface area contributed by atoms with E-state index in [1.807, 2.05) is 39.7 Å². The molecule has 1 saturated heterocycles. The fourth-order valence-corrected chi connectivity index (χ4v) is 1.55. The molecule has 0 atom stereocenters. The molecule has 1 aromatic rings. The molecule has 0 radical (unpaired) electrons. The highest BCUT2D eigenvalue weighted by molar-refractivity contribution is 6.52. The van der Waals surface area contributed by atoms with Crippen LogP contribution in [0, 0.1) is 0 Å². The second kappa shape index (κ2) is 4.24. The third-order valence-corrected chi connectivity index (χ3v) is 3.30. The number of hydrogen-bond acceptors (Lipinski definition) is 4. The lowest BCUT2D eigenvalue weighted by atomic mass is 9.89. The van der Waals surface area contributed by atoms with Crippen molar-refractivity contribution >= 4 is 13.2 Å². The van der Waals surface area contributed by atoms with Crippen LogP contribution in [0.25, 0.3) is 6.08 Å². The highest BCUT2D eigenvalue weighted by atomic mass is 16.7. The van der Waals surface area contributed by atoms with E-state index in [9.17, 15) is 0 Å². The van der Waals surface area contributed by atoms with E-state index in [0.717, 1.165) is 5.56 Å². The van der Waals surface area contributed by atoms with Gasteiger partial charge in [-0.1, -0.05) is 12.1 Å². The fourth-order valence-electron chi connectivity index (χ4n) is 1.55. The Bertz CT molecular complexity index is 402. The first kappa shape index (κ1) is 12.3. The van der Waals surface area contributed by atoms with Gasteiger partial charge in [-0.05, 0) is 27.7 Å². The van der Waals surface area contributed by atoms with Crippen LogP contribution in [0.15, 0.2) is 24.7 Å². The van der Waals surface area contributed by atoms with Gasteiger partial charge in [0.05, 0.1) is 11.2 Å². The number of aromatic nitrogens is 2. The Balaban J connectivity index is 2.06. The maximum atomic E-state index is 5.84. The van der Waals surface area contributed by atoms with Crippen LogP contribution in [0.1, 0.15) is 33.3 Å². The summed E-state index contributed by atoms with van der Waals surface area (Å²) in [5, 5.41) is 0. The van der Waals surface area contributed by atoms with Gasteiger partial charge in [0.1, 0.15) is 6.33 Å². The van der Waals surface area contributed by atoms with Gasteiger partial charge in [0.25, 0.3) is 0 Å². The van der Waals surface area contributed by atoms with Crippen molar-refractivity contribution in [2.75, 3.05) is 0 Å². The average molecular weight is 232 g/mol. The average Bonchev–Trinajstić information content (AvgIpc) is 2.46. The van der Waals surface area contributed by atoms with E-state index in [1.165, 1.54) is 6.33 Å². The molecule has 0 N–H and O–H groups in total. The number of hydrogen-bond donors (Lipinski definition) is 0. The highest BCUT2D eigenvalue weighted by Gasteiger charge is 2.49. The molecule has 1 fully saturated rings. The van der Waals surface area contributed by atoms with Gasteiger partial charge in [0.15, 0.2) is 0 Å². The minimum atomic E-state index is -0.319. The van der Waals surface area contributed by atoms with Gasteiger partial charge in [-0.2, -0.15) is 0 Å². The third kappa shape index (κ3) is 2.56. The molecule has 1 aliphatic heterocycles. The van der Waals surface area contributed by atoms with Crippen LogP contribution in [0.2, 0.25) is 0 Å². The molecule has 1 aromatic heterocycles. The summed E-state index contributed by atoms with van der Waals surface area (Å²) in [7, 11) is -0.319. The Hall–Kier alpha value is -1.20. The molecule has 0 saturated carbocycles. The maximum Gasteiger partial charge on any atom is 0.487 e. The summed E-state index contributed by atoms with van der Waals surface area (Å²) in [6.07, 6.45) is 6.90. The van der Waals surface area contributed by atoms with Gasteiger partial charge in [0, 0.05) is 18.0 Å². The summed E-state index contributed by atoms with van der Waals surface area (Å²) < 4.78 is 11.7. The standard InChI is InChI=1S/C12H17BN2O2/c1-11(2)12(3,4)17-13(16-11)6-5-10-7-14-9-15-8-10/h5-9H,1-4H3/b6-5+. The minimum absolute atomic E-state index is 0.296. The summed E-state index contributed by atoms with van der Waals surface area (Å²) in [6, 6.07) is 0. The Labute approximate surface area is 102 Å². The molecule has 2 rings (SSSR count). The summed E-state index contributed by atoms with van der Waals surface area (Å²) in [6.45, 7) is 8.14. The quantitative estimate of drug-likeness (QED) is 0.732. The second-order valence-corrected chi connectivity index (χ2v) is 5.16. The monoisotopic (exact) mass is 232 g/mol. The topological polar surface area (TPSA) is 44.2 Å². The smallest absolute Gasteiger partial charge is 0.400 e. The van der Waals surface area contributed by atoms with Crippen LogP contribution in [0.4, 0.5) is 0 Å². The molecule has 17 heavy (non-hydrogen) atoms. The van der Waals surface area contributed by atoms with Crippen LogP contribution < -0.4 is 0 Å². The van der Waals surface area contributed by atoms with Crippen molar-refractivity contribution in [3.8, 4) is 0 Å². The van der Waals surface area contributed by atoms with Gasteiger partial charge in [0.2, 0.25) is 0 Å². The zero-order valence-electron chi connectivity index (χ0n) is 10.7. The van der Waals surface area contributed by atoms with Crippen molar-refractivity contribution in [3.63, 3.8) is 0 Å². The molecule has 4 nitrogen and oxygen atoms in total. The van der Waals surface area contributed by atoms with Gasteiger partial charge >= 0.3 is 7.12 Å². The maximum absolute atomic E-state index is 5.84. The highest BCUT2D eigenvalue weighted by Crippen LogP contribution is 2.36. The molecule has 5 heteroatoms. The van der Waals surface area contributed by atoms with E-state index < -0.39 is 0 Å². The Morgan fingerprint density at radius 3 is 2.12 bits per heavy atom. The normalized spacial score (nSPS) is 22.2. The van der Waals surface area contributed by atoms with Crippen LogP contribution in [-0.2, 0) is 9.31 Å². The minimum Gasteiger partial charge on any atom is -0.400 e. The summed E-state index contributed by atoms with van der Waals surface area (Å²) >= 11 is 0. The third-order valence-electron chi connectivity index (χ3n) is 3.30. The van der Waals surface area contributed by atoms with Crippen LogP contribution >= 0.6 is 0 Å². The van der Waals surface area contributed by atoms with E-state index >= 15 is 0 Å². The fraction of sp³-hybridized carbons (Fsp3) is 0.500.